The van der Waals surface area contributed by atoms with E-state index in [0.29, 0.717) is 0 Å². The number of benzene rings is 1. The van der Waals surface area contributed by atoms with Crippen molar-refractivity contribution < 1.29 is 9.53 Å². The molecular formula is C14H20N2O2. The number of ether oxygens (including phenoxy) is 1. The van der Waals surface area contributed by atoms with E-state index in [0.717, 1.165) is 30.0 Å². The van der Waals surface area contributed by atoms with E-state index in [1.54, 1.807) is 0 Å². The molecule has 0 spiro atoms. The Bertz CT molecular complexity index is 443. The van der Waals surface area contributed by atoms with Gasteiger partial charge in [-0.1, -0.05) is 19.4 Å². The average molecular weight is 248 g/mol. The predicted octanol–water partition coefficient (Wildman–Crippen LogP) is 3.01. The minimum atomic E-state index is -0.142. The van der Waals surface area contributed by atoms with Crippen LogP contribution in [0.25, 0.3) is 0 Å². The fraction of sp³-hybridized carbons (Fsp3) is 0.500. The van der Waals surface area contributed by atoms with Crippen LogP contribution in [0.15, 0.2) is 18.2 Å². The number of carbonyl (C=O) groups is 1. The molecular weight excluding hydrogens is 228 g/mol. The predicted molar refractivity (Wildman–Crippen MR) is 73.2 cm³/mol. The van der Waals surface area contributed by atoms with E-state index in [9.17, 15) is 4.79 Å². The van der Waals surface area contributed by atoms with Gasteiger partial charge in [-0.2, -0.15) is 0 Å². The molecule has 1 aliphatic heterocycles. The number of amides is 1. The van der Waals surface area contributed by atoms with Gasteiger partial charge in [-0.05, 0) is 32.4 Å². The Balaban J connectivity index is 2.27. The monoisotopic (exact) mass is 248 g/mol. The lowest BCUT2D eigenvalue weighted by atomic mass is 10.1. The zero-order chi connectivity index (χ0) is 13.1. The van der Waals surface area contributed by atoms with Gasteiger partial charge in [0.25, 0.3) is 0 Å². The number of nitrogens with one attached hydrogen (secondary N) is 2. The summed E-state index contributed by atoms with van der Waals surface area (Å²) in [5.41, 5.74) is 1.69. The van der Waals surface area contributed by atoms with E-state index in [4.69, 9.17) is 4.74 Å². The Morgan fingerprint density at radius 2 is 2.17 bits per heavy atom. The van der Waals surface area contributed by atoms with Gasteiger partial charge in [0, 0.05) is 0 Å². The van der Waals surface area contributed by atoms with E-state index in [1.165, 1.54) is 0 Å². The Labute approximate surface area is 108 Å². The molecule has 2 rings (SSSR count). The number of para-hydroxylation sites is 1. The highest BCUT2D eigenvalue weighted by atomic mass is 16.5. The molecule has 4 nitrogen and oxygen atoms in total. The third kappa shape index (κ3) is 2.58. The van der Waals surface area contributed by atoms with Crippen LogP contribution in [-0.2, 0) is 4.79 Å². The normalized spacial score (nSPS) is 18.0. The Hall–Kier alpha value is -1.71. The summed E-state index contributed by atoms with van der Waals surface area (Å²) in [6.45, 7) is 6.01. The second-order valence-corrected chi connectivity index (χ2v) is 4.82. The summed E-state index contributed by atoms with van der Waals surface area (Å²) in [7, 11) is 0. The van der Waals surface area contributed by atoms with Crippen molar-refractivity contribution in [3.8, 4) is 5.75 Å². The average Bonchev–Trinajstić information content (AvgIpc) is 2.31. The Morgan fingerprint density at radius 1 is 1.39 bits per heavy atom. The molecule has 4 heteroatoms. The first-order chi connectivity index (χ1) is 8.61. The summed E-state index contributed by atoms with van der Waals surface area (Å²) >= 11 is 0. The first kappa shape index (κ1) is 12.7. The fourth-order valence-corrected chi connectivity index (χ4v) is 2.09. The summed E-state index contributed by atoms with van der Waals surface area (Å²) in [5, 5.41) is 6.21. The molecule has 0 bridgehead atoms. The highest BCUT2D eigenvalue weighted by Gasteiger charge is 2.26. The van der Waals surface area contributed by atoms with Crippen molar-refractivity contribution in [3.05, 3.63) is 18.2 Å². The van der Waals surface area contributed by atoms with Crippen molar-refractivity contribution in [1.82, 2.24) is 0 Å². The molecule has 1 amide bonds. The van der Waals surface area contributed by atoms with Crippen LogP contribution < -0.4 is 15.4 Å². The minimum absolute atomic E-state index is 0.0177. The summed E-state index contributed by atoms with van der Waals surface area (Å²) in [4.78, 5) is 12.0. The number of anilines is 2. The number of hydrogen-bond donors (Lipinski definition) is 2. The zero-order valence-electron chi connectivity index (χ0n) is 11.1. The van der Waals surface area contributed by atoms with Crippen molar-refractivity contribution in [3.63, 3.8) is 0 Å². The lowest BCUT2D eigenvalue weighted by molar-refractivity contribution is -0.117. The van der Waals surface area contributed by atoms with Crippen molar-refractivity contribution in [1.29, 1.82) is 0 Å². The second kappa shape index (κ2) is 5.29. The van der Waals surface area contributed by atoms with Gasteiger partial charge in [0.1, 0.15) is 17.5 Å². The quantitative estimate of drug-likeness (QED) is 0.861. The van der Waals surface area contributed by atoms with Gasteiger partial charge < -0.3 is 15.4 Å². The number of carbonyl (C=O) groups excluding carboxylic acids is 1. The standard InChI is InChI=1S/C14H20N2O2/c1-4-6-11-14(17)16-13-10(15-11)7-5-8-12(13)18-9(2)3/h5,7-9,11,15H,4,6H2,1-3H3,(H,16,17). The molecule has 0 saturated heterocycles. The first-order valence-electron chi connectivity index (χ1n) is 6.49. The summed E-state index contributed by atoms with van der Waals surface area (Å²) in [5.74, 6) is 0.738. The van der Waals surface area contributed by atoms with Crippen LogP contribution in [-0.4, -0.2) is 18.1 Å². The van der Waals surface area contributed by atoms with Crippen LogP contribution in [0, 0.1) is 0 Å². The molecule has 98 valence electrons. The molecule has 1 unspecified atom stereocenters. The molecule has 1 aliphatic rings. The van der Waals surface area contributed by atoms with E-state index < -0.39 is 0 Å². The molecule has 0 fully saturated rings. The van der Waals surface area contributed by atoms with Gasteiger partial charge in [-0.25, -0.2) is 0 Å². The van der Waals surface area contributed by atoms with Crippen LogP contribution in [0.2, 0.25) is 0 Å². The fourth-order valence-electron chi connectivity index (χ4n) is 2.09. The smallest absolute Gasteiger partial charge is 0.247 e. The molecule has 0 radical (unpaired) electrons. The van der Waals surface area contributed by atoms with Gasteiger partial charge in [0.2, 0.25) is 5.91 Å². The highest BCUT2D eigenvalue weighted by Crippen LogP contribution is 2.36. The minimum Gasteiger partial charge on any atom is -0.489 e. The SMILES string of the molecule is CCCC1Nc2cccc(OC(C)C)c2NC1=O. The third-order valence-electron chi connectivity index (χ3n) is 2.86. The van der Waals surface area contributed by atoms with Crippen LogP contribution in [0.4, 0.5) is 11.4 Å². The van der Waals surface area contributed by atoms with Crippen molar-refractivity contribution in [2.75, 3.05) is 10.6 Å². The van der Waals surface area contributed by atoms with E-state index >= 15 is 0 Å². The van der Waals surface area contributed by atoms with Crippen molar-refractivity contribution >= 4 is 17.3 Å². The molecule has 1 aromatic carbocycles. The van der Waals surface area contributed by atoms with Crippen LogP contribution in [0.3, 0.4) is 0 Å². The van der Waals surface area contributed by atoms with Crippen molar-refractivity contribution in [2.24, 2.45) is 0 Å². The van der Waals surface area contributed by atoms with Gasteiger partial charge >= 0.3 is 0 Å². The van der Waals surface area contributed by atoms with Gasteiger partial charge in [0.15, 0.2) is 0 Å². The van der Waals surface area contributed by atoms with E-state index in [2.05, 4.69) is 17.6 Å². The molecule has 0 saturated carbocycles. The zero-order valence-corrected chi connectivity index (χ0v) is 11.1. The third-order valence-corrected chi connectivity index (χ3v) is 2.86. The van der Waals surface area contributed by atoms with Crippen LogP contribution in [0.5, 0.6) is 5.75 Å². The molecule has 0 aromatic heterocycles. The van der Waals surface area contributed by atoms with Crippen LogP contribution >= 0.6 is 0 Å². The molecule has 1 atom stereocenters. The molecule has 0 aliphatic carbocycles. The largest absolute Gasteiger partial charge is 0.489 e. The summed E-state index contributed by atoms with van der Waals surface area (Å²) < 4.78 is 5.70. The maximum absolute atomic E-state index is 12.0. The number of rotatable bonds is 4. The lowest BCUT2D eigenvalue weighted by Gasteiger charge is -2.28. The van der Waals surface area contributed by atoms with Crippen molar-refractivity contribution in [2.45, 2.75) is 45.8 Å². The highest BCUT2D eigenvalue weighted by molar-refractivity contribution is 6.04. The molecule has 2 N–H and O–H groups in total. The molecule has 1 aromatic rings. The number of fused-ring (bicyclic) bond motifs is 1. The molecule has 1 heterocycles. The van der Waals surface area contributed by atoms with Gasteiger partial charge in [-0.3, -0.25) is 4.79 Å². The van der Waals surface area contributed by atoms with Crippen LogP contribution in [0.1, 0.15) is 33.6 Å². The summed E-state index contributed by atoms with van der Waals surface area (Å²) in [6, 6.07) is 5.63. The topological polar surface area (TPSA) is 50.4 Å². The Morgan fingerprint density at radius 3 is 2.83 bits per heavy atom. The number of hydrogen-bond acceptors (Lipinski definition) is 3. The maximum Gasteiger partial charge on any atom is 0.247 e. The maximum atomic E-state index is 12.0. The van der Waals surface area contributed by atoms with E-state index in [-0.39, 0.29) is 18.1 Å². The first-order valence-corrected chi connectivity index (χ1v) is 6.49. The van der Waals surface area contributed by atoms with Gasteiger partial charge in [-0.15, -0.1) is 0 Å². The lowest BCUT2D eigenvalue weighted by Crippen LogP contribution is -2.38. The van der Waals surface area contributed by atoms with E-state index in [1.807, 2.05) is 32.0 Å². The van der Waals surface area contributed by atoms with Gasteiger partial charge in [0.05, 0.1) is 11.8 Å². The second-order valence-electron chi connectivity index (χ2n) is 4.82. The molecule has 18 heavy (non-hydrogen) atoms. The summed E-state index contributed by atoms with van der Waals surface area (Å²) in [6.07, 6.45) is 1.89. The Kier molecular flexibility index (Phi) is 3.75.